The number of aliphatic hydroxyl groups is 1. The standard InChI is InChI=1S/C21H28O4/c1-19-8-6-13(22)10-12(19)4-5-14-15-7-9-20(2,18(24)25)21(15,3)11-16(23)17(14)19/h6,8,10,14-17,23H,4-5,7,9,11H2,1-3H3,(H,24,25)/t14-,15-,16-,17+,19-,20+,21-/m0/s1. The van der Waals surface area contributed by atoms with Crippen LogP contribution in [-0.4, -0.2) is 28.1 Å². The van der Waals surface area contributed by atoms with E-state index in [-0.39, 0.29) is 22.5 Å². The fourth-order valence-electron chi connectivity index (χ4n) is 6.92. The second-order valence-corrected chi connectivity index (χ2v) is 9.39. The molecule has 0 radical (unpaired) electrons. The van der Waals surface area contributed by atoms with Gasteiger partial charge >= 0.3 is 5.97 Å². The van der Waals surface area contributed by atoms with Crippen molar-refractivity contribution in [1.82, 2.24) is 0 Å². The molecule has 0 aromatic heterocycles. The van der Waals surface area contributed by atoms with Crippen LogP contribution in [0, 0.1) is 34.0 Å². The minimum Gasteiger partial charge on any atom is -0.481 e. The molecule has 4 rings (SSSR count). The number of aliphatic hydroxyl groups excluding tert-OH is 1. The Balaban J connectivity index is 1.76. The summed E-state index contributed by atoms with van der Waals surface area (Å²) in [5, 5.41) is 21.0. The van der Waals surface area contributed by atoms with E-state index >= 15 is 0 Å². The molecule has 4 aliphatic rings. The van der Waals surface area contributed by atoms with E-state index in [0.29, 0.717) is 24.7 Å². The van der Waals surface area contributed by atoms with Crippen LogP contribution in [0.1, 0.15) is 52.9 Å². The molecule has 0 aliphatic heterocycles. The number of rotatable bonds is 1. The Kier molecular flexibility index (Phi) is 3.45. The second-order valence-electron chi connectivity index (χ2n) is 9.39. The van der Waals surface area contributed by atoms with E-state index in [4.69, 9.17) is 0 Å². The van der Waals surface area contributed by atoms with Gasteiger partial charge in [-0.25, -0.2) is 0 Å². The zero-order valence-electron chi connectivity index (χ0n) is 15.3. The zero-order chi connectivity index (χ0) is 18.2. The Bertz CT molecular complexity index is 707. The van der Waals surface area contributed by atoms with E-state index in [2.05, 4.69) is 13.8 Å². The number of carbonyl (C=O) groups excluding carboxylic acids is 1. The third kappa shape index (κ3) is 1.98. The highest BCUT2D eigenvalue weighted by molar-refractivity contribution is 6.01. The van der Waals surface area contributed by atoms with Crippen LogP contribution in [0.4, 0.5) is 0 Å². The highest BCUT2D eigenvalue weighted by Crippen LogP contribution is 2.69. The monoisotopic (exact) mass is 344 g/mol. The van der Waals surface area contributed by atoms with Crippen LogP contribution < -0.4 is 0 Å². The van der Waals surface area contributed by atoms with Gasteiger partial charge in [-0.1, -0.05) is 25.5 Å². The lowest BCUT2D eigenvalue weighted by atomic mass is 9.45. The number of aliphatic carboxylic acids is 1. The molecule has 136 valence electrons. The SMILES string of the molecule is C[C@]12C=CC(=O)C=C1CC[C@@H]1[C@@H]2[C@@H](O)C[C@@]2(C)[C@H]1CC[C@]2(C)C(=O)O. The molecule has 0 amide bonds. The summed E-state index contributed by atoms with van der Waals surface area (Å²) in [6.45, 7) is 6.11. The van der Waals surface area contributed by atoms with Gasteiger partial charge in [-0.3, -0.25) is 9.59 Å². The molecule has 3 saturated carbocycles. The van der Waals surface area contributed by atoms with Gasteiger partial charge in [-0.15, -0.1) is 0 Å². The van der Waals surface area contributed by atoms with Crippen molar-refractivity contribution >= 4 is 11.8 Å². The Morgan fingerprint density at radius 2 is 1.96 bits per heavy atom. The number of carboxylic acids is 1. The fraction of sp³-hybridized carbons (Fsp3) is 0.714. The maximum Gasteiger partial charge on any atom is 0.309 e. The van der Waals surface area contributed by atoms with Crippen LogP contribution in [0.15, 0.2) is 23.8 Å². The fourth-order valence-corrected chi connectivity index (χ4v) is 6.92. The van der Waals surface area contributed by atoms with Gasteiger partial charge in [0.25, 0.3) is 0 Å². The molecule has 0 heterocycles. The number of carboxylic acid groups (broad SMARTS) is 1. The summed E-state index contributed by atoms with van der Waals surface area (Å²) in [6.07, 6.45) is 8.82. The Morgan fingerprint density at radius 1 is 1.24 bits per heavy atom. The molecule has 4 nitrogen and oxygen atoms in total. The van der Waals surface area contributed by atoms with Crippen molar-refractivity contribution < 1.29 is 19.8 Å². The maximum absolute atomic E-state index is 12.0. The van der Waals surface area contributed by atoms with Crippen molar-refractivity contribution in [2.75, 3.05) is 0 Å². The Labute approximate surface area is 149 Å². The molecule has 3 fully saturated rings. The molecular weight excluding hydrogens is 316 g/mol. The van der Waals surface area contributed by atoms with Crippen molar-refractivity contribution in [3.63, 3.8) is 0 Å². The van der Waals surface area contributed by atoms with Crippen molar-refractivity contribution in [3.8, 4) is 0 Å². The second kappa shape index (κ2) is 5.06. The van der Waals surface area contributed by atoms with Crippen molar-refractivity contribution in [2.24, 2.45) is 34.0 Å². The predicted octanol–water partition coefficient (Wildman–Crippen LogP) is 3.36. The average molecular weight is 344 g/mol. The molecule has 7 atom stereocenters. The summed E-state index contributed by atoms with van der Waals surface area (Å²) in [5.74, 6) is 0.0293. The summed E-state index contributed by atoms with van der Waals surface area (Å²) < 4.78 is 0. The Hall–Kier alpha value is -1.42. The van der Waals surface area contributed by atoms with Crippen LogP contribution in [0.3, 0.4) is 0 Å². The van der Waals surface area contributed by atoms with Gasteiger partial charge in [0.15, 0.2) is 5.78 Å². The molecule has 25 heavy (non-hydrogen) atoms. The van der Waals surface area contributed by atoms with Crippen LogP contribution >= 0.6 is 0 Å². The summed E-state index contributed by atoms with van der Waals surface area (Å²) >= 11 is 0. The number of hydrogen-bond acceptors (Lipinski definition) is 3. The molecular formula is C21H28O4. The largest absolute Gasteiger partial charge is 0.481 e. The highest BCUT2D eigenvalue weighted by atomic mass is 16.4. The molecule has 0 spiro atoms. The van der Waals surface area contributed by atoms with Gasteiger partial charge in [-0.05, 0) is 68.4 Å². The first-order chi connectivity index (χ1) is 11.6. The van der Waals surface area contributed by atoms with E-state index in [1.807, 2.05) is 13.0 Å². The quantitative estimate of drug-likeness (QED) is 0.765. The number of ketones is 1. The third-order valence-corrected chi connectivity index (χ3v) is 8.57. The topological polar surface area (TPSA) is 74.6 Å². The van der Waals surface area contributed by atoms with Crippen LogP contribution in [0.25, 0.3) is 0 Å². The minimum atomic E-state index is -0.765. The van der Waals surface area contributed by atoms with Gasteiger partial charge in [0.1, 0.15) is 0 Å². The Morgan fingerprint density at radius 3 is 2.64 bits per heavy atom. The van der Waals surface area contributed by atoms with Crippen molar-refractivity contribution in [3.05, 3.63) is 23.8 Å². The highest BCUT2D eigenvalue weighted by Gasteiger charge is 2.67. The lowest BCUT2D eigenvalue weighted by molar-refractivity contribution is -0.169. The number of fused-ring (bicyclic) bond motifs is 5. The van der Waals surface area contributed by atoms with Gasteiger partial charge in [-0.2, -0.15) is 0 Å². The first-order valence-electron chi connectivity index (χ1n) is 9.49. The van der Waals surface area contributed by atoms with E-state index < -0.39 is 17.5 Å². The lowest BCUT2D eigenvalue weighted by Crippen LogP contribution is -2.58. The first kappa shape index (κ1) is 17.0. The minimum absolute atomic E-state index is 0.0420. The molecule has 2 N–H and O–H groups in total. The van der Waals surface area contributed by atoms with E-state index in [9.17, 15) is 19.8 Å². The van der Waals surface area contributed by atoms with Crippen LogP contribution in [0.2, 0.25) is 0 Å². The van der Waals surface area contributed by atoms with E-state index in [0.717, 1.165) is 24.8 Å². The maximum atomic E-state index is 12.0. The molecule has 0 unspecified atom stereocenters. The van der Waals surface area contributed by atoms with Gasteiger partial charge in [0.2, 0.25) is 0 Å². The molecule has 4 heteroatoms. The first-order valence-corrected chi connectivity index (χ1v) is 9.49. The lowest BCUT2D eigenvalue weighted by Gasteiger charge is -2.59. The summed E-state index contributed by atoms with van der Waals surface area (Å²) in [5.41, 5.74) is -0.271. The predicted molar refractivity (Wildman–Crippen MR) is 93.7 cm³/mol. The molecule has 0 bridgehead atoms. The molecule has 0 aromatic rings. The van der Waals surface area contributed by atoms with Gasteiger partial charge < -0.3 is 10.2 Å². The molecule has 0 aromatic carbocycles. The van der Waals surface area contributed by atoms with E-state index in [1.165, 1.54) is 0 Å². The summed E-state index contributed by atoms with van der Waals surface area (Å²) in [4.78, 5) is 23.8. The zero-order valence-corrected chi connectivity index (χ0v) is 15.3. The van der Waals surface area contributed by atoms with Crippen molar-refractivity contribution in [2.45, 2.75) is 59.0 Å². The van der Waals surface area contributed by atoms with Gasteiger partial charge in [0, 0.05) is 11.3 Å². The number of hydrogen-bond donors (Lipinski definition) is 2. The molecule has 0 saturated heterocycles. The van der Waals surface area contributed by atoms with Crippen molar-refractivity contribution in [1.29, 1.82) is 0 Å². The average Bonchev–Trinajstić information content (AvgIpc) is 2.80. The molecule has 4 aliphatic carbocycles. The number of carbonyl (C=O) groups is 2. The van der Waals surface area contributed by atoms with Gasteiger partial charge in [0.05, 0.1) is 11.5 Å². The summed E-state index contributed by atoms with van der Waals surface area (Å²) in [6, 6.07) is 0. The van der Waals surface area contributed by atoms with Crippen LogP contribution in [0.5, 0.6) is 0 Å². The summed E-state index contributed by atoms with van der Waals surface area (Å²) in [7, 11) is 0. The smallest absolute Gasteiger partial charge is 0.309 e. The van der Waals surface area contributed by atoms with Crippen LogP contribution in [-0.2, 0) is 9.59 Å². The third-order valence-electron chi connectivity index (χ3n) is 8.57. The van der Waals surface area contributed by atoms with E-state index in [1.54, 1.807) is 12.2 Å². The normalized spacial score (nSPS) is 51.4. The number of allylic oxidation sites excluding steroid dienone is 4.